The van der Waals surface area contributed by atoms with E-state index in [1.54, 1.807) is 39.8 Å². The van der Waals surface area contributed by atoms with Crippen LogP contribution in [0.25, 0.3) is 27.9 Å². The van der Waals surface area contributed by atoms with Gasteiger partial charge < -0.3 is 31.4 Å². The minimum absolute atomic E-state index is 0. The van der Waals surface area contributed by atoms with Gasteiger partial charge in [-0.05, 0) is 53.9 Å². The van der Waals surface area contributed by atoms with Gasteiger partial charge in [0.15, 0.2) is 0 Å². The van der Waals surface area contributed by atoms with Gasteiger partial charge in [-0.2, -0.15) is 4.57 Å². The molecule has 36 heavy (non-hydrogen) atoms. The lowest BCUT2D eigenvalue weighted by Crippen LogP contribution is -3.00. The van der Waals surface area contributed by atoms with Crippen LogP contribution in [0.2, 0.25) is 0 Å². The average Bonchev–Trinajstić information content (AvgIpc) is 3.34. The summed E-state index contributed by atoms with van der Waals surface area (Å²) in [5.74, 6) is 3.00. The molecule has 0 bridgehead atoms. The molecule has 190 valence electrons. The maximum Gasteiger partial charge on any atom is 0.231 e. The minimum Gasteiger partial charge on any atom is -1.00 e. The van der Waals surface area contributed by atoms with Crippen molar-refractivity contribution in [3.8, 4) is 50.9 Å². The second kappa shape index (κ2) is 12.2. The van der Waals surface area contributed by atoms with Crippen LogP contribution in [0, 0.1) is 0 Å². The fraction of sp³-hybridized carbons (Fsp3) is 0.276. The summed E-state index contributed by atoms with van der Waals surface area (Å²) in [6.07, 6.45) is 1.93. The largest absolute Gasteiger partial charge is 1.00 e. The first-order valence-electron chi connectivity index (χ1n) is 11.7. The van der Waals surface area contributed by atoms with Gasteiger partial charge in [-0.3, -0.25) is 0 Å². The summed E-state index contributed by atoms with van der Waals surface area (Å²) in [5.41, 5.74) is 8.85. The van der Waals surface area contributed by atoms with Gasteiger partial charge >= 0.3 is 0 Å². The van der Waals surface area contributed by atoms with Crippen LogP contribution in [-0.2, 0) is 12.8 Å². The van der Waals surface area contributed by atoms with Crippen molar-refractivity contribution in [1.82, 2.24) is 0 Å². The SMILES string of the molecule is CCc1sc[n+](-c2c(-c3cc(OC)cc(OC)c3)cccc2-c2cc(OC)cc(OC)c2)c1CC.[Cl-]. The lowest BCUT2D eigenvalue weighted by atomic mass is 9.94. The molecule has 0 aliphatic carbocycles. The molecule has 0 N–H and O–H groups in total. The molecule has 4 aromatic rings. The van der Waals surface area contributed by atoms with E-state index in [4.69, 9.17) is 18.9 Å². The third-order valence-corrected chi connectivity index (χ3v) is 7.30. The van der Waals surface area contributed by atoms with Crippen LogP contribution in [0.15, 0.2) is 60.1 Å². The third kappa shape index (κ3) is 5.30. The van der Waals surface area contributed by atoms with Crippen molar-refractivity contribution in [3.63, 3.8) is 0 Å². The lowest BCUT2D eigenvalue weighted by Gasteiger charge is -2.14. The van der Waals surface area contributed by atoms with Gasteiger partial charge in [0.2, 0.25) is 16.9 Å². The highest BCUT2D eigenvalue weighted by molar-refractivity contribution is 7.09. The maximum atomic E-state index is 5.59. The molecule has 0 saturated carbocycles. The number of benzene rings is 3. The zero-order chi connectivity index (χ0) is 24.9. The van der Waals surface area contributed by atoms with Crippen molar-refractivity contribution in [2.24, 2.45) is 0 Å². The highest BCUT2D eigenvalue weighted by Crippen LogP contribution is 2.39. The lowest BCUT2D eigenvalue weighted by molar-refractivity contribution is -0.597. The van der Waals surface area contributed by atoms with Crippen LogP contribution >= 0.6 is 11.3 Å². The molecule has 0 saturated heterocycles. The molecule has 0 fully saturated rings. The summed E-state index contributed by atoms with van der Waals surface area (Å²) in [7, 11) is 6.70. The monoisotopic (exact) mass is 525 g/mol. The summed E-state index contributed by atoms with van der Waals surface area (Å²) >= 11 is 1.80. The van der Waals surface area contributed by atoms with Gasteiger partial charge in [-0.25, -0.2) is 0 Å². The molecule has 0 spiro atoms. The first-order chi connectivity index (χ1) is 17.1. The van der Waals surface area contributed by atoms with Crippen LogP contribution in [0.3, 0.4) is 0 Å². The Labute approximate surface area is 223 Å². The Morgan fingerprint density at radius 3 is 1.47 bits per heavy atom. The van der Waals surface area contributed by atoms with Crippen molar-refractivity contribution < 1.29 is 35.9 Å². The Bertz CT molecular complexity index is 1220. The Balaban J connectivity index is 0.00000361. The summed E-state index contributed by atoms with van der Waals surface area (Å²) in [6, 6.07) is 18.4. The molecule has 0 unspecified atom stereocenters. The van der Waals surface area contributed by atoms with E-state index in [9.17, 15) is 0 Å². The van der Waals surface area contributed by atoms with E-state index in [2.05, 4.69) is 66.4 Å². The third-order valence-electron chi connectivity index (χ3n) is 6.17. The highest BCUT2D eigenvalue weighted by atomic mass is 35.5. The predicted molar refractivity (Wildman–Crippen MR) is 142 cm³/mol. The van der Waals surface area contributed by atoms with Gasteiger partial charge in [-0.15, -0.1) is 0 Å². The second-order valence-corrected chi connectivity index (χ2v) is 9.01. The molecular weight excluding hydrogens is 494 g/mol. The van der Waals surface area contributed by atoms with Crippen LogP contribution < -0.4 is 35.9 Å². The molecule has 0 radical (unpaired) electrons. The summed E-state index contributed by atoms with van der Waals surface area (Å²) in [6.45, 7) is 4.42. The minimum atomic E-state index is 0. The summed E-state index contributed by atoms with van der Waals surface area (Å²) in [5, 5.41) is 0. The quantitative estimate of drug-likeness (QED) is 0.314. The average molecular weight is 526 g/mol. The van der Waals surface area contributed by atoms with E-state index >= 15 is 0 Å². The fourth-order valence-electron chi connectivity index (χ4n) is 4.42. The number of nitrogens with zero attached hydrogens (tertiary/aromatic N) is 1. The molecule has 1 heterocycles. The number of aryl methyl sites for hydroxylation is 1. The number of hydrogen-bond donors (Lipinski definition) is 0. The summed E-state index contributed by atoms with van der Waals surface area (Å²) < 4.78 is 24.7. The maximum absolute atomic E-state index is 5.59. The van der Waals surface area contributed by atoms with E-state index in [-0.39, 0.29) is 12.4 Å². The molecule has 3 aromatic carbocycles. The highest BCUT2D eigenvalue weighted by Gasteiger charge is 2.27. The Kier molecular flexibility index (Phi) is 9.24. The molecule has 7 heteroatoms. The van der Waals surface area contributed by atoms with E-state index in [0.29, 0.717) is 0 Å². The van der Waals surface area contributed by atoms with Crippen LogP contribution in [0.5, 0.6) is 23.0 Å². The van der Waals surface area contributed by atoms with Gasteiger partial charge in [-0.1, -0.05) is 31.3 Å². The van der Waals surface area contributed by atoms with E-state index < -0.39 is 0 Å². The molecular formula is C29H32ClNO4S. The fourth-order valence-corrected chi connectivity index (χ4v) is 5.43. The zero-order valence-electron chi connectivity index (χ0n) is 21.6. The molecule has 4 rings (SSSR count). The van der Waals surface area contributed by atoms with Crippen molar-refractivity contribution in [3.05, 3.63) is 70.7 Å². The van der Waals surface area contributed by atoms with E-state index in [1.807, 2.05) is 12.1 Å². The molecule has 0 atom stereocenters. The zero-order valence-corrected chi connectivity index (χ0v) is 23.1. The number of methoxy groups -OCH3 is 4. The Morgan fingerprint density at radius 2 is 1.11 bits per heavy atom. The number of para-hydroxylation sites is 1. The number of aromatic nitrogens is 1. The first kappa shape index (κ1) is 27.4. The van der Waals surface area contributed by atoms with Gasteiger partial charge in [0.25, 0.3) is 0 Å². The number of thiazole rings is 1. The second-order valence-electron chi connectivity index (χ2n) is 8.07. The van der Waals surface area contributed by atoms with E-state index in [0.717, 1.165) is 63.8 Å². The Hall–Kier alpha value is -3.22. The van der Waals surface area contributed by atoms with Crippen LogP contribution in [0.1, 0.15) is 24.4 Å². The normalized spacial score (nSPS) is 10.5. The molecule has 5 nitrogen and oxygen atoms in total. The number of hydrogen-bond acceptors (Lipinski definition) is 5. The van der Waals surface area contributed by atoms with E-state index in [1.165, 1.54) is 10.6 Å². The van der Waals surface area contributed by atoms with Gasteiger partial charge in [0.05, 0.1) is 44.4 Å². The molecule has 0 amide bonds. The van der Waals surface area contributed by atoms with Crippen molar-refractivity contribution in [2.45, 2.75) is 26.7 Å². The number of rotatable bonds is 9. The first-order valence-corrected chi connectivity index (χ1v) is 12.6. The van der Waals surface area contributed by atoms with Crippen LogP contribution in [0.4, 0.5) is 0 Å². The van der Waals surface area contributed by atoms with Gasteiger partial charge in [0.1, 0.15) is 23.0 Å². The number of halogens is 1. The Morgan fingerprint density at radius 1 is 0.667 bits per heavy atom. The van der Waals surface area contributed by atoms with Crippen molar-refractivity contribution in [2.75, 3.05) is 28.4 Å². The van der Waals surface area contributed by atoms with Gasteiger partial charge in [0, 0.05) is 18.6 Å². The molecule has 1 aromatic heterocycles. The summed E-state index contributed by atoms with van der Waals surface area (Å²) in [4.78, 5) is 1.39. The van der Waals surface area contributed by atoms with Crippen molar-refractivity contribution in [1.29, 1.82) is 0 Å². The number of ether oxygens (including phenoxy) is 4. The standard InChI is InChI=1S/C29H32NO4S.ClH/c1-7-27-28(8-2)35-18-30(27)29-25(19-12-21(31-3)16-22(13-19)32-4)10-9-11-26(29)20-14-23(33-5)17-24(15-20)34-6;/h9-18H,7-8H2,1-6H3;1H/q+1;/p-1. The molecule has 0 aliphatic heterocycles. The van der Waals surface area contributed by atoms with Crippen LogP contribution in [-0.4, -0.2) is 28.4 Å². The molecule has 0 aliphatic rings. The topological polar surface area (TPSA) is 40.8 Å². The smallest absolute Gasteiger partial charge is 0.231 e. The predicted octanol–water partition coefficient (Wildman–Crippen LogP) is 3.52. The van der Waals surface area contributed by atoms with Crippen molar-refractivity contribution >= 4 is 11.3 Å².